The van der Waals surface area contributed by atoms with Gasteiger partial charge in [0.2, 0.25) is 0 Å². The highest BCUT2D eigenvalue weighted by molar-refractivity contribution is 5.48. The molecule has 0 aliphatic carbocycles. The predicted molar refractivity (Wildman–Crippen MR) is 74.8 cm³/mol. The molecule has 22 heavy (non-hydrogen) atoms. The van der Waals surface area contributed by atoms with Crippen molar-refractivity contribution in [2.24, 2.45) is 0 Å². The van der Waals surface area contributed by atoms with Gasteiger partial charge in [-0.25, -0.2) is 0 Å². The van der Waals surface area contributed by atoms with E-state index in [4.69, 9.17) is 4.74 Å². The molecule has 1 aliphatic heterocycles. The monoisotopic (exact) mass is 309 g/mol. The molecule has 4 nitrogen and oxygen atoms in total. The fourth-order valence-corrected chi connectivity index (χ4v) is 2.61. The van der Waals surface area contributed by atoms with Crippen LogP contribution in [0.5, 0.6) is 5.75 Å². The fraction of sp³-hybridized carbons (Fsp3) is 0.333. The Morgan fingerprint density at radius 2 is 1.95 bits per heavy atom. The predicted octanol–water partition coefficient (Wildman–Crippen LogP) is 3.07. The van der Waals surface area contributed by atoms with Gasteiger partial charge in [0.15, 0.2) is 11.5 Å². The molecule has 0 N–H and O–H groups in total. The first-order valence-corrected chi connectivity index (χ1v) is 6.79. The summed E-state index contributed by atoms with van der Waals surface area (Å²) in [7, 11) is 1.63. The number of aromatic nitrogens is 2. The van der Waals surface area contributed by atoms with E-state index in [1.165, 1.54) is 6.07 Å². The molecule has 0 atom stereocenters. The molecule has 2 heterocycles. The van der Waals surface area contributed by atoms with Crippen molar-refractivity contribution < 1.29 is 17.9 Å². The Morgan fingerprint density at radius 3 is 2.59 bits per heavy atom. The number of methoxy groups -OCH3 is 1. The molecule has 0 fully saturated rings. The van der Waals surface area contributed by atoms with Crippen molar-refractivity contribution in [1.82, 2.24) is 10.2 Å². The maximum Gasteiger partial charge on any atom is 0.435 e. The van der Waals surface area contributed by atoms with E-state index in [0.717, 1.165) is 29.4 Å². The van der Waals surface area contributed by atoms with E-state index < -0.39 is 11.9 Å². The molecule has 1 aromatic carbocycles. The van der Waals surface area contributed by atoms with Crippen molar-refractivity contribution in [2.45, 2.75) is 19.1 Å². The van der Waals surface area contributed by atoms with Crippen LogP contribution >= 0.6 is 0 Å². The quantitative estimate of drug-likeness (QED) is 0.854. The van der Waals surface area contributed by atoms with Crippen LogP contribution in [-0.2, 0) is 19.1 Å². The summed E-state index contributed by atoms with van der Waals surface area (Å²) in [5.41, 5.74) is 1.25. The van der Waals surface area contributed by atoms with E-state index in [0.29, 0.717) is 18.9 Å². The Morgan fingerprint density at radius 1 is 1.14 bits per heavy atom. The second kappa shape index (κ2) is 5.47. The average Bonchev–Trinajstić information content (AvgIpc) is 2.53. The Kier molecular flexibility index (Phi) is 3.64. The summed E-state index contributed by atoms with van der Waals surface area (Å²) < 4.78 is 42.9. The molecule has 0 amide bonds. The summed E-state index contributed by atoms with van der Waals surface area (Å²) in [6.45, 7) is 1.24. The number of alkyl halides is 3. The number of hydrogen-bond donors (Lipinski definition) is 0. The second-order valence-corrected chi connectivity index (χ2v) is 5.04. The van der Waals surface area contributed by atoms with E-state index in [9.17, 15) is 13.2 Å². The van der Waals surface area contributed by atoms with Crippen molar-refractivity contribution in [3.05, 3.63) is 47.2 Å². The minimum atomic E-state index is -4.46. The van der Waals surface area contributed by atoms with Crippen molar-refractivity contribution in [3.8, 4) is 5.75 Å². The van der Waals surface area contributed by atoms with E-state index >= 15 is 0 Å². The lowest BCUT2D eigenvalue weighted by Crippen LogP contribution is -2.31. The van der Waals surface area contributed by atoms with Crippen LogP contribution in [0.2, 0.25) is 0 Å². The third-order valence-electron chi connectivity index (χ3n) is 3.71. The number of fused-ring (bicyclic) bond motifs is 1. The number of rotatable bonds is 2. The van der Waals surface area contributed by atoms with E-state index in [1.54, 1.807) is 7.11 Å². The van der Waals surface area contributed by atoms with Gasteiger partial charge in [-0.2, -0.15) is 13.2 Å². The Bertz CT molecular complexity index is 671. The smallest absolute Gasteiger partial charge is 0.435 e. The van der Waals surface area contributed by atoms with Gasteiger partial charge in [-0.3, -0.25) is 0 Å². The zero-order valence-corrected chi connectivity index (χ0v) is 11.9. The maximum atomic E-state index is 12.5. The SMILES string of the molecule is COc1cccc2c1CCN(c1ccc(C(F)(F)F)nn1)C2. The molecular formula is C15H14F3N3O. The molecule has 0 saturated heterocycles. The average molecular weight is 309 g/mol. The van der Waals surface area contributed by atoms with Gasteiger partial charge in [-0.15, -0.1) is 10.2 Å². The van der Waals surface area contributed by atoms with Crippen molar-refractivity contribution in [2.75, 3.05) is 18.6 Å². The van der Waals surface area contributed by atoms with Gasteiger partial charge in [-0.05, 0) is 30.2 Å². The number of ether oxygens (including phenoxy) is 1. The number of halogens is 3. The molecule has 0 radical (unpaired) electrons. The van der Waals surface area contributed by atoms with Crippen LogP contribution in [-0.4, -0.2) is 23.9 Å². The second-order valence-electron chi connectivity index (χ2n) is 5.04. The highest BCUT2D eigenvalue weighted by Gasteiger charge is 2.33. The summed E-state index contributed by atoms with van der Waals surface area (Å²) in [6, 6.07) is 8.12. The summed E-state index contributed by atoms with van der Waals surface area (Å²) in [6.07, 6.45) is -3.71. The highest BCUT2D eigenvalue weighted by atomic mass is 19.4. The number of anilines is 1. The van der Waals surface area contributed by atoms with Crippen LogP contribution in [0.3, 0.4) is 0 Å². The van der Waals surface area contributed by atoms with Gasteiger partial charge >= 0.3 is 6.18 Å². The zero-order chi connectivity index (χ0) is 15.7. The Hall–Kier alpha value is -2.31. The van der Waals surface area contributed by atoms with Crippen molar-refractivity contribution >= 4 is 5.82 Å². The van der Waals surface area contributed by atoms with Gasteiger partial charge < -0.3 is 9.64 Å². The third-order valence-corrected chi connectivity index (χ3v) is 3.71. The minimum absolute atomic E-state index is 0.446. The molecule has 0 spiro atoms. The number of nitrogens with zero attached hydrogens (tertiary/aromatic N) is 3. The standard InChI is InChI=1S/C15H14F3N3O/c1-22-12-4-2-3-10-9-21(8-7-11(10)12)14-6-5-13(19-20-14)15(16,17)18/h2-6H,7-9H2,1H3. The van der Waals surface area contributed by atoms with Crippen LogP contribution < -0.4 is 9.64 Å². The van der Waals surface area contributed by atoms with E-state index in [1.807, 2.05) is 23.1 Å². The highest BCUT2D eigenvalue weighted by Crippen LogP contribution is 2.31. The lowest BCUT2D eigenvalue weighted by molar-refractivity contribution is -0.141. The summed E-state index contributed by atoms with van der Waals surface area (Å²) in [4.78, 5) is 1.91. The van der Waals surface area contributed by atoms with Crippen LogP contribution in [0.15, 0.2) is 30.3 Å². The van der Waals surface area contributed by atoms with Gasteiger partial charge in [0.1, 0.15) is 5.75 Å². The van der Waals surface area contributed by atoms with Gasteiger partial charge in [-0.1, -0.05) is 12.1 Å². The van der Waals surface area contributed by atoms with E-state index in [-0.39, 0.29) is 0 Å². The van der Waals surface area contributed by atoms with Crippen LogP contribution in [0.1, 0.15) is 16.8 Å². The molecule has 2 aromatic rings. The molecule has 0 bridgehead atoms. The molecule has 116 valence electrons. The third kappa shape index (κ3) is 2.70. The Balaban J connectivity index is 1.83. The Labute approximate surface area is 125 Å². The molecular weight excluding hydrogens is 295 g/mol. The van der Waals surface area contributed by atoms with Gasteiger partial charge in [0, 0.05) is 18.7 Å². The molecule has 3 rings (SSSR count). The lowest BCUT2D eigenvalue weighted by atomic mass is 9.99. The topological polar surface area (TPSA) is 38.2 Å². The van der Waals surface area contributed by atoms with Gasteiger partial charge in [0.25, 0.3) is 0 Å². The summed E-state index contributed by atoms with van der Waals surface area (Å²) in [5.74, 6) is 1.29. The molecule has 0 saturated carbocycles. The first kappa shape index (κ1) is 14.6. The molecule has 0 unspecified atom stereocenters. The van der Waals surface area contributed by atoms with Crippen LogP contribution in [0.4, 0.5) is 19.0 Å². The number of benzene rings is 1. The van der Waals surface area contributed by atoms with Crippen molar-refractivity contribution in [3.63, 3.8) is 0 Å². The normalized spacial score (nSPS) is 14.6. The van der Waals surface area contributed by atoms with Crippen LogP contribution in [0.25, 0.3) is 0 Å². The largest absolute Gasteiger partial charge is 0.496 e. The first-order chi connectivity index (χ1) is 10.5. The maximum absolute atomic E-state index is 12.5. The summed E-state index contributed by atoms with van der Waals surface area (Å²) in [5, 5.41) is 6.98. The zero-order valence-electron chi connectivity index (χ0n) is 11.9. The summed E-state index contributed by atoms with van der Waals surface area (Å²) >= 11 is 0. The molecule has 1 aromatic heterocycles. The van der Waals surface area contributed by atoms with Crippen LogP contribution in [0, 0.1) is 0 Å². The minimum Gasteiger partial charge on any atom is -0.496 e. The van der Waals surface area contributed by atoms with E-state index in [2.05, 4.69) is 10.2 Å². The number of hydrogen-bond acceptors (Lipinski definition) is 4. The molecule has 7 heteroatoms. The van der Waals surface area contributed by atoms with Crippen molar-refractivity contribution in [1.29, 1.82) is 0 Å². The first-order valence-electron chi connectivity index (χ1n) is 6.79. The molecule has 1 aliphatic rings. The lowest BCUT2D eigenvalue weighted by Gasteiger charge is -2.30. The van der Waals surface area contributed by atoms with Gasteiger partial charge in [0.05, 0.1) is 7.11 Å². The fourth-order valence-electron chi connectivity index (χ4n) is 2.61.